The number of benzene rings is 2. The smallest absolute Gasteiger partial charge is 0.258 e. The highest BCUT2D eigenvalue weighted by molar-refractivity contribution is 6.31. The summed E-state index contributed by atoms with van der Waals surface area (Å²) in [7, 11) is 0. The highest BCUT2D eigenvalue weighted by atomic mass is 35.5. The number of nitrogen functional groups attached to an aromatic ring is 1. The van der Waals surface area contributed by atoms with Gasteiger partial charge in [-0.05, 0) is 67.3 Å². The largest absolute Gasteiger partial charge is 0.399 e. The maximum absolute atomic E-state index is 12.8. The van der Waals surface area contributed by atoms with Crippen LogP contribution in [0.15, 0.2) is 36.4 Å². The molecule has 108 valence electrons. The van der Waals surface area contributed by atoms with Crippen molar-refractivity contribution < 1.29 is 4.79 Å². The van der Waals surface area contributed by atoms with E-state index in [1.807, 2.05) is 42.2 Å². The minimum atomic E-state index is -0.00804. The van der Waals surface area contributed by atoms with Crippen LogP contribution < -0.4 is 10.6 Å². The number of aryl methyl sites for hydroxylation is 2. The van der Waals surface area contributed by atoms with E-state index in [9.17, 15) is 4.79 Å². The van der Waals surface area contributed by atoms with Crippen molar-refractivity contribution in [2.45, 2.75) is 19.8 Å². The lowest BCUT2D eigenvalue weighted by Crippen LogP contribution is -2.35. The van der Waals surface area contributed by atoms with E-state index >= 15 is 0 Å². The van der Waals surface area contributed by atoms with Crippen molar-refractivity contribution in [1.29, 1.82) is 0 Å². The molecule has 0 atom stereocenters. The summed E-state index contributed by atoms with van der Waals surface area (Å²) in [6, 6.07) is 11.2. The minimum Gasteiger partial charge on any atom is -0.399 e. The van der Waals surface area contributed by atoms with Gasteiger partial charge in [-0.3, -0.25) is 4.79 Å². The SMILES string of the molecule is Cc1cc(Cl)cc(C(=O)N2CCCc3cc(N)ccc32)c1. The van der Waals surface area contributed by atoms with Crippen LogP contribution in [0, 0.1) is 6.92 Å². The molecule has 1 aliphatic heterocycles. The maximum atomic E-state index is 12.8. The lowest BCUT2D eigenvalue weighted by atomic mass is 10.00. The molecule has 2 aromatic carbocycles. The molecule has 1 aliphatic rings. The molecule has 21 heavy (non-hydrogen) atoms. The van der Waals surface area contributed by atoms with Gasteiger partial charge in [0.2, 0.25) is 0 Å². The predicted octanol–water partition coefficient (Wildman–Crippen LogP) is 3.82. The first-order valence-electron chi connectivity index (χ1n) is 7.02. The van der Waals surface area contributed by atoms with Crippen molar-refractivity contribution in [3.63, 3.8) is 0 Å². The maximum Gasteiger partial charge on any atom is 0.258 e. The highest BCUT2D eigenvalue weighted by Crippen LogP contribution is 2.30. The number of halogens is 1. The second kappa shape index (κ2) is 5.41. The number of amides is 1. The molecular weight excluding hydrogens is 284 g/mol. The monoisotopic (exact) mass is 300 g/mol. The van der Waals surface area contributed by atoms with E-state index in [0.29, 0.717) is 10.6 Å². The van der Waals surface area contributed by atoms with Gasteiger partial charge in [0.25, 0.3) is 5.91 Å². The number of anilines is 2. The van der Waals surface area contributed by atoms with Crippen LogP contribution in [-0.2, 0) is 6.42 Å². The molecule has 3 nitrogen and oxygen atoms in total. The average molecular weight is 301 g/mol. The van der Waals surface area contributed by atoms with Gasteiger partial charge in [0.1, 0.15) is 0 Å². The number of nitrogens with two attached hydrogens (primary N) is 1. The first-order valence-corrected chi connectivity index (χ1v) is 7.40. The van der Waals surface area contributed by atoms with Gasteiger partial charge in [0, 0.05) is 28.5 Å². The van der Waals surface area contributed by atoms with E-state index < -0.39 is 0 Å². The van der Waals surface area contributed by atoms with Crippen LogP contribution in [0.25, 0.3) is 0 Å². The van der Waals surface area contributed by atoms with Gasteiger partial charge in [0.15, 0.2) is 0 Å². The van der Waals surface area contributed by atoms with Gasteiger partial charge in [-0.15, -0.1) is 0 Å². The molecule has 2 aromatic rings. The third-order valence-electron chi connectivity index (χ3n) is 3.76. The van der Waals surface area contributed by atoms with Crippen molar-refractivity contribution in [2.75, 3.05) is 17.2 Å². The first kappa shape index (κ1) is 14.0. The second-order valence-electron chi connectivity index (χ2n) is 5.47. The highest BCUT2D eigenvalue weighted by Gasteiger charge is 2.23. The Morgan fingerprint density at radius 2 is 2.05 bits per heavy atom. The molecule has 4 heteroatoms. The lowest BCUT2D eigenvalue weighted by Gasteiger charge is -2.30. The molecule has 0 fully saturated rings. The molecule has 3 rings (SSSR count). The van der Waals surface area contributed by atoms with Crippen LogP contribution in [-0.4, -0.2) is 12.5 Å². The molecule has 0 bridgehead atoms. The van der Waals surface area contributed by atoms with Crippen LogP contribution in [0.1, 0.15) is 27.9 Å². The van der Waals surface area contributed by atoms with E-state index in [1.54, 1.807) is 6.07 Å². The molecule has 0 unspecified atom stereocenters. The van der Waals surface area contributed by atoms with Gasteiger partial charge in [-0.1, -0.05) is 11.6 Å². The van der Waals surface area contributed by atoms with Gasteiger partial charge >= 0.3 is 0 Å². The number of carbonyl (C=O) groups excluding carboxylic acids is 1. The topological polar surface area (TPSA) is 46.3 Å². The standard InChI is InChI=1S/C17H17ClN2O/c1-11-7-13(9-14(18)8-11)17(21)20-6-2-3-12-10-15(19)4-5-16(12)20/h4-5,7-10H,2-3,6,19H2,1H3. The number of hydrogen-bond acceptors (Lipinski definition) is 2. The zero-order valence-electron chi connectivity index (χ0n) is 11.9. The molecule has 0 spiro atoms. The number of hydrogen-bond donors (Lipinski definition) is 1. The normalized spacial score (nSPS) is 13.9. The van der Waals surface area contributed by atoms with E-state index in [2.05, 4.69) is 0 Å². The van der Waals surface area contributed by atoms with Crippen LogP contribution in [0.3, 0.4) is 0 Å². The van der Waals surface area contributed by atoms with Gasteiger partial charge < -0.3 is 10.6 Å². The molecule has 0 saturated heterocycles. The summed E-state index contributed by atoms with van der Waals surface area (Å²) >= 11 is 6.07. The molecule has 0 radical (unpaired) electrons. The first-order chi connectivity index (χ1) is 10.0. The fourth-order valence-electron chi connectivity index (χ4n) is 2.84. The number of rotatable bonds is 1. The Hall–Kier alpha value is -2.00. The Labute approximate surface area is 129 Å². The Morgan fingerprint density at radius 1 is 1.24 bits per heavy atom. The van der Waals surface area contributed by atoms with E-state index in [0.717, 1.165) is 41.9 Å². The number of fused-ring (bicyclic) bond motifs is 1. The second-order valence-corrected chi connectivity index (χ2v) is 5.90. The Balaban J connectivity index is 2.00. The lowest BCUT2D eigenvalue weighted by molar-refractivity contribution is 0.0985. The van der Waals surface area contributed by atoms with Crippen molar-refractivity contribution >= 4 is 28.9 Å². The third kappa shape index (κ3) is 2.74. The molecule has 1 amide bonds. The Bertz CT molecular complexity index is 692. The number of nitrogens with zero attached hydrogens (tertiary/aromatic N) is 1. The van der Waals surface area contributed by atoms with Crippen LogP contribution in [0.5, 0.6) is 0 Å². The molecule has 2 N–H and O–H groups in total. The molecule has 0 aromatic heterocycles. The van der Waals surface area contributed by atoms with E-state index in [-0.39, 0.29) is 5.91 Å². The van der Waals surface area contributed by atoms with E-state index in [4.69, 9.17) is 17.3 Å². The van der Waals surface area contributed by atoms with Crippen molar-refractivity contribution in [3.8, 4) is 0 Å². The van der Waals surface area contributed by atoms with Crippen LogP contribution >= 0.6 is 11.6 Å². The van der Waals surface area contributed by atoms with Crippen LogP contribution in [0.4, 0.5) is 11.4 Å². The van der Waals surface area contributed by atoms with Crippen molar-refractivity contribution in [2.24, 2.45) is 0 Å². The fourth-order valence-corrected chi connectivity index (χ4v) is 3.13. The number of carbonyl (C=O) groups is 1. The Morgan fingerprint density at radius 3 is 2.81 bits per heavy atom. The molecule has 1 heterocycles. The summed E-state index contributed by atoms with van der Waals surface area (Å²) in [5.41, 5.74) is 10.3. The summed E-state index contributed by atoms with van der Waals surface area (Å²) in [6.45, 7) is 2.66. The van der Waals surface area contributed by atoms with Gasteiger partial charge in [-0.2, -0.15) is 0 Å². The third-order valence-corrected chi connectivity index (χ3v) is 3.97. The van der Waals surface area contributed by atoms with E-state index in [1.165, 1.54) is 0 Å². The van der Waals surface area contributed by atoms with Crippen molar-refractivity contribution in [3.05, 3.63) is 58.1 Å². The van der Waals surface area contributed by atoms with Gasteiger partial charge in [0.05, 0.1) is 0 Å². The summed E-state index contributed by atoms with van der Waals surface area (Å²) in [6.07, 6.45) is 1.90. The minimum absolute atomic E-state index is 0.00804. The van der Waals surface area contributed by atoms with Crippen molar-refractivity contribution in [1.82, 2.24) is 0 Å². The predicted molar refractivity (Wildman–Crippen MR) is 87.0 cm³/mol. The zero-order chi connectivity index (χ0) is 15.0. The Kier molecular flexibility index (Phi) is 3.60. The zero-order valence-corrected chi connectivity index (χ0v) is 12.7. The summed E-state index contributed by atoms with van der Waals surface area (Å²) < 4.78 is 0. The summed E-state index contributed by atoms with van der Waals surface area (Å²) in [5.74, 6) is -0.00804. The molecule has 0 aliphatic carbocycles. The van der Waals surface area contributed by atoms with Gasteiger partial charge in [-0.25, -0.2) is 0 Å². The van der Waals surface area contributed by atoms with Crippen LogP contribution in [0.2, 0.25) is 5.02 Å². The fraction of sp³-hybridized carbons (Fsp3) is 0.235. The quantitative estimate of drug-likeness (QED) is 0.814. The summed E-state index contributed by atoms with van der Waals surface area (Å²) in [5, 5.41) is 0.591. The molecular formula is C17H17ClN2O. The average Bonchev–Trinajstić information content (AvgIpc) is 2.44. The molecule has 0 saturated carbocycles. The summed E-state index contributed by atoms with van der Waals surface area (Å²) in [4.78, 5) is 14.6.